The fraction of sp³-hybridized carbons (Fsp3) is 0.278. The Bertz CT molecular complexity index is 990. The number of hydrogen-bond acceptors (Lipinski definition) is 3. The van der Waals surface area contributed by atoms with Gasteiger partial charge in [-0.2, -0.15) is 10.2 Å². The number of aryl methyl sites for hydroxylation is 3. The van der Waals surface area contributed by atoms with Crippen LogP contribution in [0.3, 0.4) is 0 Å². The van der Waals surface area contributed by atoms with Crippen molar-refractivity contribution < 1.29 is 4.79 Å². The summed E-state index contributed by atoms with van der Waals surface area (Å²) in [6, 6.07) is 5.37. The van der Waals surface area contributed by atoms with Crippen LogP contribution in [-0.4, -0.2) is 25.5 Å². The van der Waals surface area contributed by atoms with Crippen molar-refractivity contribution in [3.05, 3.63) is 62.6 Å². The minimum atomic E-state index is -0.203. The van der Waals surface area contributed by atoms with Gasteiger partial charge in [0.25, 0.3) is 5.91 Å². The Morgan fingerprint density at radius 3 is 2.50 bits per heavy atom. The molecule has 2 aromatic heterocycles. The highest BCUT2D eigenvalue weighted by atomic mass is 35.5. The quantitative estimate of drug-likeness (QED) is 0.726. The largest absolute Gasteiger partial charge is 0.319 e. The standard InChI is InChI=1S/C18H19Cl2N5O/c1-10-15(9-24(4)22-10)18(26)21-17-11(2)23-25(12(17)3)8-13-5-6-14(19)7-16(13)20/h5-7,9H,8H2,1-4H3,(H,21,26). The summed E-state index contributed by atoms with van der Waals surface area (Å²) in [7, 11) is 1.79. The van der Waals surface area contributed by atoms with Crippen molar-refractivity contribution in [2.75, 3.05) is 5.32 Å². The van der Waals surface area contributed by atoms with E-state index in [4.69, 9.17) is 23.2 Å². The Balaban J connectivity index is 1.86. The van der Waals surface area contributed by atoms with Gasteiger partial charge >= 0.3 is 0 Å². The normalized spacial score (nSPS) is 11.0. The van der Waals surface area contributed by atoms with Crippen molar-refractivity contribution >= 4 is 34.8 Å². The first-order valence-corrected chi connectivity index (χ1v) is 8.81. The zero-order valence-electron chi connectivity index (χ0n) is 15.0. The Morgan fingerprint density at radius 2 is 1.88 bits per heavy atom. The summed E-state index contributed by atoms with van der Waals surface area (Å²) >= 11 is 12.2. The van der Waals surface area contributed by atoms with Crippen LogP contribution in [0.2, 0.25) is 10.0 Å². The Morgan fingerprint density at radius 1 is 1.15 bits per heavy atom. The number of nitrogens with zero attached hydrogens (tertiary/aromatic N) is 4. The number of amides is 1. The maximum absolute atomic E-state index is 12.6. The van der Waals surface area contributed by atoms with E-state index in [9.17, 15) is 4.79 Å². The molecule has 1 aromatic carbocycles. The second-order valence-electron chi connectivity index (χ2n) is 6.20. The van der Waals surface area contributed by atoms with E-state index in [0.717, 1.165) is 17.0 Å². The fourth-order valence-corrected chi connectivity index (χ4v) is 3.31. The van der Waals surface area contributed by atoms with Gasteiger partial charge in [0, 0.05) is 23.3 Å². The molecular weight excluding hydrogens is 373 g/mol. The lowest BCUT2D eigenvalue weighted by Crippen LogP contribution is -2.14. The molecule has 2 heterocycles. The highest BCUT2D eigenvalue weighted by Crippen LogP contribution is 2.25. The van der Waals surface area contributed by atoms with E-state index in [-0.39, 0.29) is 5.91 Å². The predicted octanol–water partition coefficient (Wildman–Crippen LogP) is 4.15. The molecule has 3 rings (SSSR count). The highest BCUT2D eigenvalue weighted by Gasteiger charge is 2.18. The first-order valence-electron chi connectivity index (χ1n) is 8.05. The van der Waals surface area contributed by atoms with Gasteiger partial charge in [0.1, 0.15) is 0 Å². The van der Waals surface area contributed by atoms with Crippen LogP contribution in [0.1, 0.15) is 33.0 Å². The van der Waals surface area contributed by atoms with Crippen LogP contribution in [0.25, 0.3) is 0 Å². The third kappa shape index (κ3) is 3.61. The summed E-state index contributed by atoms with van der Waals surface area (Å²) in [4.78, 5) is 12.6. The number of nitrogens with one attached hydrogen (secondary N) is 1. The van der Waals surface area contributed by atoms with Gasteiger partial charge in [0.15, 0.2) is 0 Å². The van der Waals surface area contributed by atoms with Gasteiger partial charge in [0.05, 0.1) is 34.9 Å². The van der Waals surface area contributed by atoms with Gasteiger partial charge in [-0.05, 0) is 38.5 Å². The summed E-state index contributed by atoms with van der Waals surface area (Å²) in [5, 5.41) is 12.9. The molecule has 8 heteroatoms. The molecule has 1 N–H and O–H groups in total. The van der Waals surface area contributed by atoms with E-state index in [0.29, 0.717) is 33.5 Å². The molecule has 0 aliphatic heterocycles. The average molecular weight is 392 g/mol. The third-order valence-electron chi connectivity index (χ3n) is 4.21. The first-order chi connectivity index (χ1) is 12.3. The zero-order valence-corrected chi connectivity index (χ0v) is 16.5. The number of aromatic nitrogens is 4. The van der Waals surface area contributed by atoms with Crippen molar-refractivity contribution in [1.82, 2.24) is 19.6 Å². The Hall–Kier alpha value is -2.31. The lowest BCUT2D eigenvalue weighted by molar-refractivity contribution is 0.102. The number of anilines is 1. The van der Waals surface area contributed by atoms with E-state index in [1.54, 1.807) is 37.0 Å². The van der Waals surface area contributed by atoms with Crippen molar-refractivity contribution in [3.63, 3.8) is 0 Å². The number of halogens is 2. The van der Waals surface area contributed by atoms with Gasteiger partial charge in [-0.3, -0.25) is 14.2 Å². The molecule has 0 atom stereocenters. The minimum Gasteiger partial charge on any atom is -0.319 e. The average Bonchev–Trinajstić information content (AvgIpc) is 3.03. The summed E-state index contributed by atoms with van der Waals surface area (Å²) in [6.45, 7) is 6.07. The molecule has 3 aromatic rings. The first kappa shape index (κ1) is 18.5. The molecule has 0 aliphatic rings. The van der Waals surface area contributed by atoms with Crippen LogP contribution in [0, 0.1) is 20.8 Å². The molecule has 0 unspecified atom stereocenters. The van der Waals surface area contributed by atoms with Crippen LogP contribution in [0.15, 0.2) is 24.4 Å². The Kier molecular flexibility index (Phi) is 5.07. The maximum atomic E-state index is 12.6. The number of carbonyl (C=O) groups excluding carboxylic acids is 1. The van der Waals surface area contributed by atoms with Crippen LogP contribution < -0.4 is 5.32 Å². The molecule has 0 fully saturated rings. The fourth-order valence-electron chi connectivity index (χ4n) is 2.85. The summed E-state index contributed by atoms with van der Waals surface area (Å²) in [5.74, 6) is -0.203. The molecule has 6 nitrogen and oxygen atoms in total. The number of hydrogen-bond donors (Lipinski definition) is 1. The Labute approximate surface area is 161 Å². The third-order valence-corrected chi connectivity index (χ3v) is 4.80. The molecular formula is C18H19Cl2N5O. The smallest absolute Gasteiger partial charge is 0.259 e. The van der Waals surface area contributed by atoms with Crippen LogP contribution in [-0.2, 0) is 13.6 Å². The lowest BCUT2D eigenvalue weighted by Gasteiger charge is -2.08. The van der Waals surface area contributed by atoms with Crippen LogP contribution >= 0.6 is 23.2 Å². The predicted molar refractivity (Wildman–Crippen MR) is 103 cm³/mol. The van der Waals surface area contributed by atoms with E-state index in [2.05, 4.69) is 15.5 Å². The highest BCUT2D eigenvalue weighted by molar-refractivity contribution is 6.35. The molecule has 1 amide bonds. The second-order valence-corrected chi connectivity index (χ2v) is 7.04. The minimum absolute atomic E-state index is 0.203. The molecule has 26 heavy (non-hydrogen) atoms. The van der Waals surface area contributed by atoms with Gasteiger partial charge in [0.2, 0.25) is 0 Å². The number of carbonyl (C=O) groups is 1. The molecule has 0 bridgehead atoms. The number of benzene rings is 1. The topological polar surface area (TPSA) is 64.7 Å². The summed E-state index contributed by atoms with van der Waals surface area (Å²) in [6.07, 6.45) is 1.70. The van der Waals surface area contributed by atoms with Gasteiger partial charge < -0.3 is 5.32 Å². The van der Waals surface area contributed by atoms with Crippen molar-refractivity contribution in [2.45, 2.75) is 27.3 Å². The lowest BCUT2D eigenvalue weighted by atomic mass is 10.2. The number of rotatable bonds is 4. The van der Waals surface area contributed by atoms with Gasteiger partial charge in [-0.15, -0.1) is 0 Å². The molecule has 0 spiro atoms. The van der Waals surface area contributed by atoms with Crippen molar-refractivity contribution in [1.29, 1.82) is 0 Å². The molecule has 136 valence electrons. The zero-order chi connectivity index (χ0) is 19.0. The molecule has 0 radical (unpaired) electrons. The van der Waals surface area contributed by atoms with Gasteiger partial charge in [-0.25, -0.2) is 0 Å². The van der Waals surface area contributed by atoms with Crippen LogP contribution in [0.5, 0.6) is 0 Å². The van der Waals surface area contributed by atoms with Crippen LogP contribution in [0.4, 0.5) is 5.69 Å². The van der Waals surface area contributed by atoms with E-state index in [1.807, 2.05) is 24.6 Å². The maximum Gasteiger partial charge on any atom is 0.259 e. The summed E-state index contributed by atoms with van der Waals surface area (Å²) in [5.41, 5.74) is 4.41. The van der Waals surface area contributed by atoms with Crippen molar-refractivity contribution in [3.8, 4) is 0 Å². The molecule has 0 aliphatic carbocycles. The second kappa shape index (κ2) is 7.13. The summed E-state index contributed by atoms with van der Waals surface area (Å²) < 4.78 is 3.44. The molecule has 0 saturated heterocycles. The van der Waals surface area contributed by atoms with E-state index >= 15 is 0 Å². The molecule has 0 saturated carbocycles. The van der Waals surface area contributed by atoms with E-state index in [1.165, 1.54) is 0 Å². The van der Waals surface area contributed by atoms with E-state index < -0.39 is 0 Å². The monoisotopic (exact) mass is 391 g/mol. The van der Waals surface area contributed by atoms with Gasteiger partial charge in [-0.1, -0.05) is 29.3 Å². The SMILES string of the molecule is Cc1nn(C)cc1C(=O)Nc1c(C)nn(Cc2ccc(Cl)cc2Cl)c1C. The van der Waals surface area contributed by atoms with Crippen molar-refractivity contribution in [2.24, 2.45) is 7.05 Å².